The molecule has 0 aliphatic rings. The number of nitrogens with one attached hydrogen (secondary N) is 1. The summed E-state index contributed by atoms with van der Waals surface area (Å²) in [4.78, 5) is 0. The van der Waals surface area contributed by atoms with Gasteiger partial charge in [0.15, 0.2) is 0 Å². The lowest BCUT2D eigenvalue weighted by atomic mass is 9.98. The number of halogens is 2. The molecule has 3 nitrogen and oxygen atoms in total. The van der Waals surface area contributed by atoms with Gasteiger partial charge in [0.25, 0.3) is 0 Å². The second-order valence-corrected chi connectivity index (χ2v) is 5.98. The normalized spacial score (nSPS) is 12.7. The minimum Gasteiger partial charge on any atom is -0.305 e. The highest BCUT2D eigenvalue weighted by atomic mass is 79.9. The number of benzene rings is 1. The molecule has 0 spiro atoms. The van der Waals surface area contributed by atoms with Crippen LogP contribution in [0.5, 0.6) is 0 Å². The van der Waals surface area contributed by atoms with Crippen molar-refractivity contribution in [2.24, 2.45) is 0 Å². The van der Waals surface area contributed by atoms with Crippen molar-refractivity contribution in [1.29, 1.82) is 0 Å². The number of hydrogen-bond donors (Lipinski definition) is 1. The van der Waals surface area contributed by atoms with E-state index < -0.39 is 0 Å². The Bertz CT molecular complexity index is 595. The van der Waals surface area contributed by atoms with Crippen molar-refractivity contribution < 1.29 is 0 Å². The van der Waals surface area contributed by atoms with Crippen molar-refractivity contribution in [1.82, 2.24) is 15.1 Å². The van der Waals surface area contributed by atoms with Crippen LogP contribution in [0.15, 0.2) is 28.9 Å². The Labute approximate surface area is 133 Å². The molecule has 1 unspecified atom stereocenters. The van der Waals surface area contributed by atoms with Gasteiger partial charge in [-0.05, 0) is 59.6 Å². The summed E-state index contributed by atoms with van der Waals surface area (Å²) in [5, 5.41) is 8.70. The van der Waals surface area contributed by atoms with E-state index in [1.54, 1.807) is 0 Å². The Balaban J connectivity index is 2.56. The first-order valence-electron chi connectivity index (χ1n) is 6.79. The van der Waals surface area contributed by atoms with Crippen LogP contribution in [0.2, 0.25) is 5.02 Å². The molecule has 2 aromatic rings. The third-order valence-corrected chi connectivity index (χ3v) is 4.21. The van der Waals surface area contributed by atoms with Crippen molar-refractivity contribution in [3.8, 4) is 0 Å². The highest BCUT2D eigenvalue weighted by molar-refractivity contribution is 9.10. The van der Waals surface area contributed by atoms with Crippen molar-refractivity contribution in [3.05, 3.63) is 50.7 Å². The van der Waals surface area contributed by atoms with E-state index in [2.05, 4.69) is 53.2 Å². The molecule has 0 saturated heterocycles. The van der Waals surface area contributed by atoms with Crippen LogP contribution in [0, 0.1) is 6.92 Å². The molecule has 0 fully saturated rings. The molecule has 5 heteroatoms. The van der Waals surface area contributed by atoms with Gasteiger partial charge < -0.3 is 5.32 Å². The highest BCUT2D eigenvalue weighted by Crippen LogP contribution is 2.31. The van der Waals surface area contributed by atoms with E-state index in [-0.39, 0.29) is 6.04 Å². The van der Waals surface area contributed by atoms with Gasteiger partial charge in [-0.25, -0.2) is 0 Å². The van der Waals surface area contributed by atoms with Crippen molar-refractivity contribution in [3.63, 3.8) is 0 Å². The number of nitrogens with zero attached hydrogens (tertiary/aromatic N) is 2. The van der Waals surface area contributed by atoms with Crippen LogP contribution in [0.3, 0.4) is 0 Å². The average molecular weight is 357 g/mol. The second kappa shape index (κ2) is 6.74. The van der Waals surface area contributed by atoms with E-state index in [0.29, 0.717) is 0 Å². The first kappa shape index (κ1) is 15.5. The summed E-state index contributed by atoms with van der Waals surface area (Å²) < 4.78 is 3.03. The fourth-order valence-corrected chi connectivity index (χ4v) is 3.10. The topological polar surface area (TPSA) is 29.9 Å². The molecular weight excluding hydrogens is 338 g/mol. The molecule has 2 rings (SSSR count). The minimum absolute atomic E-state index is 0.0792. The maximum Gasteiger partial charge on any atom is 0.0762 e. The maximum atomic E-state index is 6.17. The molecule has 1 N–H and O–H groups in total. The minimum atomic E-state index is 0.0792. The van der Waals surface area contributed by atoms with Crippen LogP contribution < -0.4 is 5.32 Å². The molecule has 1 atom stereocenters. The summed E-state index contributed by atoms with van der Waals surface area (Å²) in [6, 6.07) is 6.09. The van der Waals surface area contributed by atoms with E-state index in [9.17, 15) is 0 Å². The Kier molecular flexibility index (Phi) is 5.24. The molecule has 0 saturated carbocycles. The van der Waals surface area contributed by atoms with Gasteiger partial charge in [0, 0.05) is 11.6 Å². The Morgan fingerprint density at radius 3 is 2.80 bits per heavy atom. The second-order valence-electron chi connectivity index (χ2n) is 4.69. The number of rotatable bonds is 5. The number of hydrogen-bond acceptors (Lipinski definition) is 2. The third-order valence-electron chi connectivity index (χ3n) is 3.37. The molecule has 0 aliphatic heterocycles. The molecule has 20 heavy (non-hydrogen) atoms. The monoisotopic (exact) mass is 355 g/mol. The van der Waals surface area contributed by atoms with Crippen molar-refractivity contribution >= 4 is 27.5 Å². The third kappa shape index (κ3) is 3.08. The van der Waals surface area contributed by atoms with Gasteiger partial charge in [0.1, 0.15) is 0 Å². The smallest absolute Gasteiger partial charge is 0.0762 e. The first-order chi connectivity index (χ1) is 9.58. The molecule has 1 heterocycles. The molecule has 0 bridgehead atoms. The summed E-state index contributed by atoms with van der Waals surface area (Å²) in [5.74, 6) is 0. The highest BCUT2D eigenvalue weighted by Gasteiger charge is 2.22. The molecular formula is C15H19BrClN3. The van der Waals surface area contributed by atoms with Crippen LogP contribution in [0.4, 0.5) is 0 Å². The van der Waals surface area contributed by atoms with Gasteiger partial charge in [-0.1, -0.05) is 24.6 Å². The van der Waals surface area contributed by atoms with E-state index in [4.69, 9.17) is 11.6 Å². The van der Waals surface area contributed by atoms with Crippen LogP contribution in [-0.2, 0) is 6.54 Å². The average Bonchev–Trinajstić information content (AvgIpc) is 2.80. The lowest BCUT2D eigenvalue weighted by Gasteiger charge is -2.22. The van der Waals surface area contributed by atoms with Gasteiger partial charge in [-0.3, -0.25) is 4.68 Å². The van der Waals surface area contributed by atoms with Gasteiger partial charge in [0.05, 0.1) is 22.4 Å². The number of aromatic nitrogens is 2. The van der Waals surface area contributed by atoms with E-state index in [1.165, 1.54) is 11.1 Å². The van der Waals surface area contributed by atoms with E-state index >= 15 is 0 Å². The molecule has 1 aromatic carbocycles. The fourth-order valence-electron chi connectivity index (χ4n) is 2.39. The molecule has 0 radical (unpaired) electrons. The Morgan fingerprint density at radius 2 is 2.15 bits per heavy atom. The predicted octanol–water partition coefficient (Wildman–Crippen LogP) is 4.33. The van der Waals surface area contributed by atoms with Gasteiger partial charge >= 0.3 is 0 Å². The predicted molar refractivity (Wildman–Crippen MR) is 87.3 cm³/mol. The lowest BCUT2D eigenvalue weighted by Crippen LogP contribution is -2.26. The SMILES string of the molecule is CCNC(c1cc(Cl)ccc1C)c1c(Br)cnn1CC. The maximum absolute atomic E-state index is 6.17. The summed E-state index contributed by atoms with van der Waals surface area (Å²) in [6.45, 7) is 8.02. The van der Waals surface area contributed by atoms with Crippen molar-refractivity contribution in [2.45, 2.75) is 33.4 Å². The van der Waals surface area contributed by atoms with Gasteiger partial charge in [-0.15, -0.1) is 0 Å². The fraction of sp³-hybridized carbons (Fsp3) is 0.400. The summed E-state index contributed by atoms with van der Waals surface area (Å²) in [5.41, 5.74) is 3.55. The molecule has 1 aromatic heterocycles. The Hall–Kier alpha value is -0.840. The van der Waals surface area contributed by atoms with Gasteiger partial charge in [-0.2, -0.15) is 5.10 Å². The molecule has 108 valence electrons. The zero-order chi connectivity index (χ0) is 14.7. The summed E-state index contributed by atoms with van der Waals surface area (Å²) in [7, 11) is 0. The van der Waals surface area contributed by atoms with E-state index in [1.807, 2.05) is 23.0 Å². The zero-order valence-electron chi connectivity index (χ0n) is 12.0. The van der Waals surface area contributed by atoms with Crippen LogP contribution in [-0.4, -0.2) is 16.3 Å². The van der Waals surface area contributed by atoms with Crippen LogP contribution in [0.25, 0.3) is 0 Å². The van der Waals surface area contributed by atoms with Crippen LogP contribution >= 0.6 is 27.5 Å². The van der Waals surface area contributed by atoms with E-state index in [0.717, 1.165) is 28.3 Å². The lowest BCUT2D eigenvalue weighted by molar-refractivity contribution is 0.539. The van der Waals surface area contributed by atoms with Gasteiger partial charge in [0.2, 0.25) is 0 Å². The molecule has 0 amide bonds. The zero-order valence-corrected chi connectivity index (χ0v) is 14.3. The largest absolute Gasteiger partial charge is 0.305 e. The Morgan fingerprint density at radius 1 is 1.40 bits per heavy atom. The molecule has 0 aliphatic carbocycles. The van der Waals surface area contributed by atoms with Crippen LogP contribution in [0.1, 0.15) is 36.7 Å². The summed E-state index contributed by atoms with van der Waals surface area (Å²) in [6.07, 6.45) is 1.85. The number of aryl methyl sites for hydroxylation is 2. The quantitative estimate of drug-likeness (QED) is 0.864. The van der Waals surface area contributed by atoms with Crippen molar-refractivity contribution in [2.75, 3.05) is 6.54 Å². The first-order valence-corrected chi connectivity index (χ1v) is 7.96. The summed E-state index contributed by atoms with van der Waals surface area (Å²) >= 11 is 9.79. The standard InChI is InChI=1S/C15H19BrClN3/c1-4-18-14(12-8-11(17)7-6-10(12)3)15-13(16)9-19-20(15)5-2/h6-9,14,18H,4-5H2,1-3H3.